The number of rotatable bonds is 3. The van der Waals surface area contributed by atoms with Gasteiger partial charge in [0.2, 0.25) is 0 Å². The molecular formula is C25H30O2. The first kappa shape index (κ1) is 18.3. The monoisotopic (exact) mass is 362 g/mol. The number of hydrogen-bond donors (Lipinski definition) is 0. The maximum atomic E-state index is 12.9. The average Bonchev–Trinajstić information content (AvgIpc) is 2.71. The molecule has 2 atom stereocenters. The Balaban J connectivity index is 1.52. The van der Waals surface area contributed by atoms with Gasteiger partial charge in [0.05, 0.1) is 5.92 Å². The van der Waals surface area contributed by atoms with E-state index < -0.39 is 0 Å². The van der Waals surface area contributed by atoms with Gasteiger partial charge in [-0.25, -0.2) is 0 Å². The molecule has 1 aliphatic carbocycles. The second-order valence-corrected chi connectivity index (χ2v) is 8.99. The Kier molecular flexibility index (Phi) is 5.08. The van der Waals surface area contributed by atoms with E-state index in [4.69, 9.17) is 4.74 Å². The number of cyclic esters (lactones) is 1. The predicted molar refractivity (Wildman–Crippen MR) is 109 cm³/mol. The van der Waals surface area contributed by atoms with Gasteiger partial charge in [-0.15, -0.1) is 0 Å². The molecule has 2 fully saturated rings. The van der Waals surface area contributed by atoms with Crippen molar-refractivity contribution in [2.24, 2.45) is 11.3 Å². The molecule has 1 saturated heterocycles. The third-order valence-electron chi connectivity index (χ3n) is 6.53. The van der Waals surface area contributed by atoms with Crippen molar-refractivity contribution in [1.29, 1.82) is 0 Å². The Morgan fingerprint density at radius 3 is 2.15 bits per heavy atom. The topological polar surface area (TPSA) is 26.3 Å². The van der Waals surface area contributed by atoms with Crippen LogP contribution in [0, 0.1) is 11.3 Å². The summed E-state index contributed by atoms with van der Waals surface area (Å²) in [4.78, 5) is 12.9. The number of benzene rings is 2. The third-order valence-corrected chi connectivity index (χ3v) is 6.53. The fourth-order valence-corrected chi connectivity index (χ4v) is 5.06. The highest BCUT2D eigenvalue weighted by Crippen LogP contribution is 2.47. The Morgan fingerprint density at radius 2 is 1.48 bits per heavy atom. The first-order valence-electron chi connectivity index (χ1n) is 10.4. The Bertz CT molecular complexity index is 770. The molecule has 27 heavy (non-hydrogen) atoms. The second kappa shape index (κ2) is 7.50. The molecule has 0 bridgehead atoms. The van der Waals surface area contributed by atoms with Crippen LogP contribution in [0.1, 0.15) is 63.9 Å². The summed E-state index contributed by atoms with van der Waals surface area (Å²) >= 11 is 0. The van der Waals surface area contributed by atoms with Crippen LogP contribution in [0.15, 0.2) is 54.6 Å². The van der Waals surface area contributed by atoms with Crippen molar-refractivity contribution in [3.63, 3.8) is 0 Å². The molecule has 0 N–H and O–H groups in total. The number of esters is 1. The molecule has 2 aliphatic rings. The van der Waals surface area contributed by atoms with Crippen molar-refractivity contribution in [1.82, 2.24) is 0 Å². The molecule has 2 aromatic rings. The SMILES string of the molecule is CC1(C)CC(c2ccc(-c3ccccc3)cc2)C(=O)OC1C1CCCCC1. The Morgan fingerprint density at radius 1 is 0.852 bits per heavy atom. The predicted octanol–water partition coefficient (Wildman–Crippen LogP) is 6.36. The van der Waals surface area contributed by atoms with Gasteiger partial charge in [-0.05, 0) is 41.9 Å². The summed E-state index contributed by atoms with van der Waals surface area (Å²) in [6, 6.07) is 18.8. The number of carbonyl (C=O) groups is 1. The highest BCUT2D eigenvalue weighted by atomic mass is 16.5. The van der Waals surface area contributed by atoms with E-state index in [1.807, 2.05) is 6.07 Å². The molecule has 2 unspecified atom stereocenters. The summed E-state index contributed by atoms with van der Waals surface area (Å²) in [5.41, 5.74) is 3.49. The lowest BCUT2D eigenvalue weighted by Gasteiger charge is -2.46. The van der Waals surface area contributed by atoms with E-state index >= 15 is 0 Å². The normalized spacial score (nSPS) is 25.8. The number of hydrogen-bond acceptors (Lipinski definition) is 2. The largest absolute Gasteiger partial charge is 0.461 e. The molecule has 0 aromatic heterocycles. The van der Waals surface area contributed by atoms with E-state index in [9.17, 15) is 4.79 Å². The van der Waals surface area contributed by atoms with Crippen molar-refractivity contribution in [2.75, 3.05) is 0 Å². The van der Waals surface area contributed by atoms with Gasteiger partial charge in [-0.3, -0.25) is 4.79 Å². The molecule has 2 aromatic carbocycles. The first-order valence-corrected chi connectivity index (χ1v) is 10.4. The molecule has 142 valence electrons. The zero-order valence-corrected chi connectivity index (χ0v) is 16.5. The van der Waals surface area contributed by atoms with Crippen molar-refractivity contribution < 1.29 is 9.53 Å². The van der Waals surface area contributed by atoms with Gasteiger partial charge in [0.25, 0.3) is 0 Å². The molecule has 0 amide bonds. The first-order chi connectivity index (χ1) is 13.0. The minimum absolute atomic E-state index is 0.0265. The lowest BCUT2D eigenvalue weighted by Crippen LogP contribution is -2.47. The standard InChI is InChI=1S/C25H30O2/c1-25(2)17-22(24(26)27-23(25)21-11-7-4-8-12-21)20-15-13-19(14-16-20)18-9-5-3-6-10-18/h3,5-6,9-10,13-16,21-23H,4,7-8,11-12,17H2,1-2H3. The van der Waals surface area contributed by atoms with Crippen LogP contribution < -0.4 is 0 Å². The van der Waals surface area contributed by atoms with E-state index in [1.54, 1.807) is 0 Å². The van der Waals surface area contributed by atoms with Crippen LogP contribution in [0.4, 0.5) is 0 Å². The summed E-state index contributed by atoms with van der Waals surface area (Å²) in [5.74, 6) is 0.362. The zero-order valence-electron chi connectivity index (χ0n) is 16.5. The molecule has 2 nitrogen and oxygen atoms in total. The second-order valence-electron chi connectivity index (χ2n) is 8.99. The van der Waals surface area contributed by atoms with Crippen LogP contribution in [-0.4, -0.2) is 12.1 Å². The van der Waals surface area contributed by atoms with Gasteiger partial charge >= 0.3 is 5.97 Å². The molecule has 2 heteroatoms. The molecule has 4 rings (SSSR count). The summed E-state index contributed by atoms with van der Waals surface area (Å²) < 4.78 is 6.08. The minimum atomic E-state index is -0.148. The van der Waals surface area contributed by atoms with Crippen LogP contribution in [0.5, 0.6) is 0 Å². The van der Waals surface area contributed by atoms with Crippen LogP contribution in [0.2, 0.25) is 0 Å². The molecule has 1 aliphatic heterocycles. The van der Waals surface area contributed by atoms with Crippen LogP contribution in [0.3, 0.4) is 0 Å². The van der Waals surface area contributed by atoms with E-state index in [0.29, 0.717) is 5.92 Å². The van der Waals surface area contributed by atoms with E-state index in [0.717, 1.165) is 12.0 Å². The van der Waals surface area contributed by atoms with Crippen LogP contribution in [0.25, 0.3) is 11.1 Å². The zero-order chi connectivity index (χ0) is 18.9. The van der Waals surface area contributed by atoms with Gasteiger partial charge in [0.15, 0.2) is 0 Å². The van der Waals surface area contributed by atoms with Gasteiger partial charge in [0.1, 0.15) is 6.10 Å². The van der Waals surface area contributed by atoms with E-state index in [-0.39, 0.29) is 23.4 Å². The smallest absolute Gasteiger partial charge is 0.313 e. The maximum Gasteiger partial charge on any atom is 0.313 e. The highest BCUT2D eigenvalue weighted by Gasteiger charge is 2.46. The third kappa shape index (κ3) is 3.81. The Hall–Kier alpha value is -2.09. The quantitative estimate of drug-likeness (QED) is 0.594. The lowest BCUT2D eigenvalue weighted by molar-refractivity contribution is -0.175. The van der Waals surface area contributed by atoms with Crippen LogP contribution in [-0.2, 0) is 9.53 Å². The van der Waals surface area contributed by atoms with Crippen molar-refractivity contribution in [3.8, 4) is 11.1 Å². The molecule has 1 heterocycles. The highest BCUT2D eigenvalue weighted by molar-refractivity contribution is 5.80. The molecule has 1 saturated carbocycles. The van der Waals surface area contributed by atoms with Gasteiger partial charge < -0.3 is 4.74 Å². The summed E-state index contributed by atoms with van der Waals surface area (Å²) in [5, 5.41) is 0. The molecule has 0 spiro atoms. The van der Waals surface area contributed by atoms with E-state index in [2.05, 4.69) is 62.4 Å². The van der Waals surface area contributed by atoms with Crippen molar-refractivity contribution >= 4 is 5.97 Å². The van der Waals surface area contributed by atoms with Crippen LogP contribution >= 0.6 is 0 Å². The maximum absolute atomic E-state index is 12.9. The molecule has 0 radical (unpaired) electrons. The van der Waals surface area contributed by atoms with E-state index in [1.165, 1.54) is 43.2 Å². The molecular weight excluding hydrogens is 332 g/mol. The van der Waals surface area contributed by atoms with Crippen molar-refractivity contribution in [3.05, 3.63) is 60.2 Å². The lowest BCUT2D eigenvalue weighted by atomic mass is 9.67. The van der Waals surface area contributed by atoms with Gasteiger partial charge in [-0.1, -0.05) is 87.7 Å². The fourth-order valence-electron chi connectivity index (χ4n) is 5.06. The number of ether oxygens (including phenoxy) is 1. The summed E-state index contributed by atoms with van der Waals surface area (Å²) in [6.07, 6.45) is 7.24. The van der Waals surface area contributed by atoms with Gasteiger partial charge in [-0.2, -0.15) is 0 Å². The van der Waals surface area contributed by atoms with Crippen molar-refractivity contribution in [2.45, 2.75) is 64.4 Å². The fraction of sp³-hybridized carbons (Fsp3) is 0.480. The summed E-state index contributed by atoms with van der Waals surface area (Å²) in [7, 11) is 0. The Labute approximate surface area is 162 Å². The minimum Gasteiger partial charge on any atom is -0.461 e. The summed E-state index contributed by atoms with van der Waals surface area (Å²) in [6.45, 7) is 4.56. The number of carbonyl (C=O) groups excluding carboxylic acids is 1. The average molecular weight is 363 g/mol. The van der Waals surface area contributed by atoms with Gasteiger partial charge in [0, 0.05) is 5.41 Å².